The second kappa shape index (κ2) is 7.38. The molecular weight excluding hydrogens is 312 g/mol. The number of halogens is 1. The summed E-state index contributed by atoms with van der Waals surface area (Å²) in [5.41, 5.74) is 2.52. The minimum atomic E-state index is -0.0456. The van der Waals surface area contributed by atoms with Gasteiger partial charge in [-0.1, -0.05) is 17.7 Å². The van der Waals surface area contributed by atoms with Gasteiger partial charge in [-0.2, -0.15) is 0 Å². The smallest absolute Gasteiger partial charge is 0.253 e. The van der Waals surface area contributed by atoms with Crippen molar-refractivity contribution in [2.45, 2.75) is 6.54 Å². The Labute approximate surface area is 142 Å². The first-order valence-corrected chi connectivity index (χ1v) is 7.65. The van der Waals surface area contributed by atoms with Gasteiger partial charge in [-0.3, -0.25) is 4.79 Å². The van der Waals surface area contributed by atoms with Crippen molar-refractivity contribution in [3.8, 4) is 5.75 Å². The Morgan fingerprint density at radius 2 is 1.87 bits per heavy atom. The van der Waals surface area contributed by atoms with E-state index in [-0.39, 0.29) is 5.91 Å². The van der Waals surface area contributed by atoms with Crippen molar-refractivity contribution < 1.29 is 9.53 Å². The summed E-state index contributed by atoms with van der Waals surface area (Å²) in [4.78, 5) is 16.3. The van der Waals surface area contributed by atoms with Gasteiger partial charge >= 0.3 is 0 Å². The fraction of sp³-hybridized carbons (Fsp3) is 0.278. The number of nitrogens with zero attached hydrogens (tertiary/aromatic N) is 2. The first kappa shape index (κ1) is 17.2. The van der Waals surface area contributed by atoms with Crippen LogP contribution in [0.4, 0.5) is 5.69 Å². The third kappa shape index (κ3) is 4.17. The van der Waals surface area contributed by atoms with E-state index in [1.165, 1.54) is 0 Å². The number of hydrogen-bond donors (Lipinski definition) is 0. The number of ether oxygens (including phenoxy) is 1. The average molecular weight is 333 g/mol. The second-order valence-electron chi connectivity index (χ2n) is 5.56. The molecule has 2 rings (SSSR count). The molecule has 0 aliphatic heterocycles. The van der Waals surface area contributed by atoms with E-state index in [4.69, 9.17) is 16.3 Å². The van der Waals surface area contributed by atoms with Gasteiger partial charge in [-0.25, -0.2) is 0 Å². The highest BCUT2D eigenvalue weighted by Gasteiger charge is 2.15. The molecule has 2 aromatic carbocycles. The highest BCUT2D eigenvalue weighted by molar-refractivity contribution is 6.30. The van der Waals surface area contributed by atoms with E-state index in [9.17, 15) is 4.79 Å². The number of carbonyl (C=O) groups excluding carboxylic acids is 1. The minimum absolute atomic E-state index is 0.0456. The lowest BCUT2D eigenvalue weighted by Gasteiger charge is -2.20. The molecule has 4 nitrogen and oxygen atoms in total. The van der Waals surface area contributed by atoms with Crippen LogP contribution in [0, 0.1) is 0 Å². The van der Waals surface area contributed by atoms with Crippen LogP contribution in [0.5, 0.6) is 5.75 Å². The van der Waals surface area contributed by atoms with Crippen LogP contribution in [0.1, 0.15) is 15.9 Å². The van der Waals surface area contributed by atoms with Gasteiger partial charge in [0.2, 0.25) is 0 Å². The Morgan fingerprint density at radius 1 is 1.13 bits per heavy atom. The molecule has 0 aliphatic rings. The summed E-state index contributed by atoms with van der Waals surface area (Å²) >= 11 is 6.04. The summed E-state index contributed by atoms with van der Waals surface area (Å²) in [6.07, 6.45) is 0. The molecule has 0 aliphatic carbocycles. The van der Waals surface area contributed by atoms with Crippen molar-refractivity contribution in [3.63, 3.8) is 0 Å². The van der Waals surface area contributed by atoms with Crippen LogP contribution < -0.4 is 9.64 Å². The number of hydrogen-bond acceptors (Lipinski definition) is 3. The monoisotopic (exact) mass is 332 g/mol. The van der Waals surface area contributed by atoms with Gasteiger partial charge in [-0.05, 0) is 36.4 Å². The predicted molar refractivity (Wildman–Crippen MR) is 94.6 cm³/mol. The van der Waals surface area contributed by atoms with E-state index in [1.807, 2.05) is 55.4 Å². The first-order valence-electron chi connectivity index (χ1n) is 7.27. The Bertz CT molecular complexity index is 701. The van der Waals surface area contributed by atoms with E-state index >= 15 is 0 Å². The van der Waals surface area contributed by atoms with Crippen molar-refractivity contribution in [1.29, 1.82) is 0 Å². The summed E-state index contributed by atoms with van der Waals surface area (Å²) in [7, 11) is 7.27. The van der Waals surface area contributed by atoms with Crippen LogP contribution in [0.15, 0.2) is 42.5 Å². The van der Waals surface area contributed by atoms with Crippen LogP contribution in [0.3, 0.4) is 0 Å². The zero-order valence-corrected chi connectivity index (χ0v) is 14.6. The van der Waals surface area contributed by atoms with Gasteiger partial charge in [0.15, 0.2) is 0 Å². The maximum absolute atomic E-state index is 12.6. The van der Waals surface area contributed by atoms with Gasteiger partial charge in [0.1, 0.15) is 5.75 Å². The highest BCUT2D eigenvalue weighted by Crippen LogP contribution is 2.24. The minimum Gasteiger partial charge on any atom is -0.496 e. The van der Waals surface area contributed by atoms with E-state index in [0.29, 0.717) is 17.1 Å². The molecule has 0 fully saturated rings. The number of carbonyl (C=O) groups is 1. The van der Waals surface area contributed by atoms with Crippen LogP contribution in [0.25, 0.3) is 0 Å². The molecule has 0 radical (unpaired) electrons. The van der Waals surface area contributed by atoms with E-state index in [1.54, 1.807) is 25.1 Å². The third-order valence-electron chi connectivity index (χ3n) is 3.61. The molecule has 0 N–H and O–H groups in total. The van der Waals surface area contributed by atoms with Gasteiger partial charge in [-0.15, -0.1) is 0 Å². The Kier molecular flexibility index (Phi) is 5.50. The molecule has 0 saturated heterocycles. The third-order valence-corrected chi connectivity index (χ3v) is 3.84. The Hall–Kier alpha value is -2.20. The number of benzene rings is 2. The molecule has 0 spiro atoms. The number of rotatable bonds is 5. The Morgan fingerprint density at radius 3 is 2.52 bits per heavy atom. The maximum atomic E-state index is 12.6. The summed E-state index contributed by atoms with van der Waals surface area (Å²) in [6.45, 7) is 0.425. The van der Waals surface area contributed by atoms with Crippen molar-refractivity contribution in [1.82, 2.24) is 4.90 Å². The number of methoxy groups -OCH3 is 1. The molecule has 0 bridgehead atoms. The summed E-state index contributed by atoms with van der Waals surface area (Å²) in [5, 5.41) is 0.622. The topological polar surface area (TPSA) is 32.8 Å². The zero-order chi connectivity index (χ0) is 17.0. The van der Waals surface area contributed by atoms with Gasteiger partial charge < -0.3 is 14.5 Å². The first-order chi connectivity index (χ1) is 10.9. The molecule has 2 aromatic rings. The average Bonchev–Trinajstić information content (AvgIpc) is 2.54. The van der Waals surface area contributed by atoms with Crippen molar-refractivity contribution in [2.24, 2.45) is 0 Å². The normalized spacial score (nSPS) is 10.3. The van der Waals surface area contributed by atoms with E-state index < -0.39 is 0 Å². The SMILES string of the molecule is COc1ccc(Cl)cc1CN(C)C(=O)c1cccc(N(C)C)c1. The molecular formula is C18H21ClN2O2. The molecule has 5 heteroatoms. The second-order valence-corrected chi connectivity index (χ2v) is 6.00. The molecule has 0 atom stereocenters. The van der Waals surface area contributed by atoms with Gasteiger partial charge in [0.05, 0.1) is 7.11 Å². The van der Waals surface area contributed by atoms with E-state index in [2.05, 4.69) is 0 Å². The molecule has 0 saturated carbocycles. The quantitative estimate of drug-likeness (QED) is 0.837. The van der Waals surface area contributed by atoms with Crippen LogP contribution in [-0.4, -0.2) is 39.1 Å². The van der Waals surface area contributed by atoms with Crippen molar-refractivity contribution in [2.75, 3.05) is 33.2 Å². The fourth-order valence-corrected chi connectivity index (χ4v) is 2.53. The van der Waals surface area contributed by atoms with Crippen LogP contribution >= 0.6 is 11.6 Å². The molecule has 122 valence electrons. The highest BCUT2D eigenvalue weighted by atomic mass is 35.5. The predicted octanol–water partition coefficient (Wildman–Crippen LogP) is 3.69. The lowest BCUT2D eigenvalue weighted by Crippen LogP contribution is -2.26. The zero-order valence-electron chi connectivity index (χ0n) is 13.8. The Balaban J connectivity index is 2.20. The maximum Gasteiger partial charge on any atom is 0.253 e. The van der Waals surface area contributed by atoms with Gasteiger partial charge in [0, 0.05) is 49.5 Å². The number of amides is 1. The van der Waals surface area contributed by atoms with Crippen molar-refractivity contribution in [3.05, 3.63) is 58.6 Å². The van der Waals surface area contributed by atoms with E-state index in [0.717, 1.165) is 17.0 Å². The molecule has 0 unspecified atom stereocenters. The summed E-state index contributed by atoms with van der Waals surface area (Å²) in [6, 6.07) is 13.0. The molecule has 0 aromatic heterocycles. The van der Waals surface area contributed by atoms with Crippen LogP contribution in [0.2, 0.25) is 5.02 Å². The van der Waals surface area contributed by atoms with Crippen molar-refractivity contribution >= 4 is 23.2 Å². The van der Waals surface area contributed by atoms with Crippen LogP contribution in [-0.2, 0) is 6.54 Å². The largest absolute Gasteiger partial charge is 0.496 e. The molecule has 23 heavy (non-hydrogen) atoms. The van der Waals surface area contributed by atoms with Gasteiger partial charge in [0.25, 0.3) is 5.91 Å². The fourth-order valence-electron chi connectivity index (χ4n) is 2.34. The molecule has 0 heterocycles. The standard InChI is InChI=1S/C18H21ClN2O2/c1-20(2)16-7-5-6-13(11-16)18(22)21(3)12-14-10-15(19)8-9-17(14)23-4/h5-11H,12H2,1-4H3. The summed E-state index contributed by atoms with van der Waals surface area (Å²) < 4.78 is 5.33. The number of anilines is 1. The summed E-state index contributed by atoms with van der Waals surface area (Å²) in [5.74, 6) is 0.673. The lowest BCUT2D eigenvalue weighted by atomic mass is 10.1. The molecule has 1 amide bonds. The lowest BCUT2D eigenvalue weighted by molar-refractivity contribution is 0.0784.